The van der Waals surface area contributed by atoms with Gasteiger partial charge in [0.1, 0.15) is 0 Å². The molecule has 0 radical (unpaired) electrons. The summed E-state index contributed by atoms with van der Waals surface area (Å²) >= 11 is 5.49. The van der Waals surface area contributed by atoms with Crippen LogP contribution >= 0.6 is 12.2 Å². The summed E-state index contributed by atoms with van der Waals surface area (Å²) < 4.78 is 0. The number of benzene rings is 1. The van der Waals surface area contributed by atoms with Gasteiger partial charge in [-0.15, -0.1) is 0 Å². The number of pyridine rings is 1. The normalized spacial score (nSPS) is 15.8. The Hall–Kier alpha value is -2.47. The van der Waals surface area contributed by atoms with Crippen molar-refractivity contribution in [1.82, 2.24) is 20.1 Å². The fourth-order valence-electron chi connectivity index (χ4n) is 3.85. The van der Waals surface area contributed by atoms with Crippen LogP contribution in [0.3, 0.4) is 0 Å². The minimum Gasteiger partial charge on any atom is -0.360 e. The number of likely N-dealkylation sites (tertiary alicyclic amines) is 1. The molecule has 1 saturated heterocycles. The first-order chi connectivity index (χ1) is 14.0. The summed E-state index contributed by atoms with van der Waals surface area (Å²) in [6.07, 6.45) is 3.41. The lowest BCUT2D eigenvalue weighted by Crippen LogP contribution is -2.48. The number of nitrogens with one attached hydrogen (secondary N) is 1. The van der Waals surface area contributed by atoms with Crippen LogP contribution in [0.2, 0.25) is 0 Å². The monoisotopic (exact) mass is 410 g/mol. The van der Waals surface area contributed by atoms with Crippen molar-refractivity contribution in [2.24, 2.45) is 5.92 Å². The van der Waals surface area contributed by atoms with Gasteiger partial charge in [0, 0.05) is 38.3 Å². The van der Waals surface area contributed by atoms with Gasteiger partial charge in [-0.2, -0.15) is 0 Å². The van der Waals surface area contributed by atoms with Crippen molar-refractivity contribution in [3.05, 3.63) is 66.0 Å². The molecular weight excluding hydrogens is 380 g/mol. The van der Waals surface area contributed by atoms with E-state index in [0.717, 1.165) is 42.3 Å². The molecule has 0 aliphatic carbocycles. The van der Waals surface area contributed by atoms with Crippen molar-refractivity contribution in [3.8, 4) is 0 Å². The van der Waals surface area contributed by atoms with Crippen LogP contribution in [0.25, 0.3) is 0 Å². The third-order valence-electron chi connectivity index (χ3n) is 5.36. The van der Waals surface area contributed by atoms with Crippen molar-refractivity contribution in [3.63, 3.8) is 0 Å². The Bertz CT molecular complexity index is 765. The number of amides is 1. The Labute approximate surface area is 179 Å². The molecule has 1 atom stereocenters. The molecular formula is C23H30N4OS. The van der Waals surface area contributed by atoms with Gasteiger partial charge in [-0.25, -0.2) is 0 Å². The highest BCUT2D eigenvalue weighted by Crippen LogP contribution is 2.29. The standard InChI is InChI=1S/C23H30N4OS/c1-17(2)25-23(29)27-15-12-19(13-16-27)22(28)26(3)21(18-9-5-4-6-10-18)20-11-7-8-14-24-20/h4-11,14,17,19,21H,12-13,15-16H2,1-3H3,(H,25,29). The maximum atomic E-state index is 13.4. The van der Waals surface area contributed by atoms with E-state index in [0.29, 0.717) is 6.04 Å². The van der Waals surface area contributed by atoms with Gasteiger partial charge in [0.05, 0.1) is 11.7 Å². The average molecular weight is 411 g/mol. The Morgan fingerprint density at radius 3 is 2.38 bits per heavy atom. The van der Waals surface area contributed by atoms with E-state index in [1.807, 2.05) is 48.3 Å². The quantitative estimate of drug-likeness (QED) is 0.763. The molecule has 29 heavy (non-hydrogen) atoms. The predicted octanol–water partition coefficient (Wildman–Crippen LogP) is 3.62. The Morgan fingerprint density at radius 1 is 1.14 bits per heavy atom. The summed E-state index contributed by atoms with van der Waals surface area (Å²) in [6.45, 7) is 5.78. The van der Waals surface area contributed by atoms with Crippen LogP contribution in [0.4, 0.5) is 0 Å². The molecule has 1 aromatic heterocycles. The number of carbonyl (C=O) groups is 1. The van der Waals surface area contributed by atoms with E-state index in [2.05, 4.69) is 41.2 Å². The van der Waals surface area contributed by atoms with Crippen LogP contribution < -0.4 is 5.32 Å². The predicted molar refractivity (Wildman–Crippen MR) is 120 cm³/mol. The summed E-state index contributed by atoms with van der Waals surface area (Å²) in [5, 5.41) is 4.08. The minimum absolute atomic E-state index is 0.00743. The second kappa shape index (κ2) is 9.83. The molecule has 0 spiro atoms. The lowest BCUT2D eigenvalue weighted by molar-refractivity contribution is -0.137. The summed E-state index contributed by atoms with van der Waals surface area (Å²) in [7, 11) is 1.89. The topological polar surface area (TPSA) is 48.5 Å². The van der Waals surface area contributed by atoms with Crippen LogP contribution in [0.1, 0.15) is 44.0 Å². The molecule has 2 aromatic rings. The molecule has 1 N–H and O–H groups in total. The molecule has 0 saturated carbocycles. The van der Waals surface area contributed by atoms with E-state index in [9.17, 15) is 4.79 Å². The summed E-state index contributed by atoms with van der Waals surface area (Å²) in [5.74, 6) is 0.180. The lowest BCUT2D eigenvalue weighted by atomic mass is 9.93. The van der Waals surface area contributed by atoms with E-state index in [1.54, 1.807) is 6.20 Å². The van der Waals surface area contributed by atoms with E-state index in [4.69, 9.17) is 12.2 Å². The first kappa shape index (κ1) is 21.2. The number of hydrogen-bond donors (Lipinski definition) is 1. The van der Waals surface area contributed by atoms with Crippen molar-refractivity contribution in [2.45, 2.75) is 38.8 Å². The maximum Gasteiger partial charge on any atom is 0.226 e. The van der Waals surface area contributed by atoms with Crippen LogP contribution in [0.15, 0.2) is 54.7 Å². The van der Waals surface area contributed by atoms with Gasteiger partial charge >= 0.3 is 0 Å². The zero-order valence-corrected chi connectivity index (χ0v) is 18.2. The van der Waals surface area contributed by atoms with Gasteiger partial charge in [0.15, 0.2) is 5.11 Å². The zero-order valence-electron chi connectivity index (χ0n) is 17.4. The van der Waals surface area contributed by atoms with Gasteiger partial charge in [-0.3, -0.25) is 9.78 Å². The van der Waals surface area contributed by atoms with Gasteiger partial charge in [-0.1, -0.05) is 36.4 Å². The highest BCUT2D eigenvalue weighted by atomic mass is 32.1. The Morgan fingerprint density at radius 2 is 1.79 bits per heavy atom. The zero-order chi connectivity index (χ0) is 20.8. The van der Waals surface area contributed by atoms with E-state index < -0.39 is 0 Å². The molecule has 1 aromatic carbocycles. The number of nitrogens with zero attached hydrogens (tertiary/aromatic N) is 3. The number of hydrogen-bond acceptors (Lipinski definition) is 3. The van der Waals surface area contributed by atoms with E-state index in [1.165, 1.54) is 0 Å². The average Bonchev–Trinajstić information content (AvgIpc) is 2.74. The second-order valence-corrected chi connectivity index (χ2v) is 8.27. The van der Waals surface area contributed by atoms with Gasteiger partial charge in [-0.05, 0) is 56.6 Å². The smallest absolute Gasteiger partial charge is 0.226 e. The number of thiocarbonyl (C=S) groups is 1. The molecule has 1 amide bonds. The molecule has 1 unspecified atom stereocenters. The molecule has 5 nitrogen and oxygen atoms in total. The van der Waals surface area contributed by atoms with Crippen LogP contribution in [0, 0.1) is 5.92 Å². The van der Waals surface area contributed by atoms with Crippen molar-refractivity contribution >= 4 is 23.2 Å². The van der Waals surface area contributed by atoms with E-state index >= 15 is 0 Å². The van der Waals surface area contributed by atoms with Crippen molar-refractivity contribution in [2.75, 3.05) is 20.1 Å². The van der Waals surface area contributed by atoms with Gasteiger partial charge in [0.2, 0.25) is 5.91 Å². The second-order valence-electron chi connectivity index (χ2n) is 7.88. The number of rotatable bonds is 5. The summed E-state index contributed by atoms with van der Waals surface area (Å²) in [5.41, 5.74) is 1.95. The molecule has 0 bridgehead atoms. The first-order valence-electron chi connectivity index (χ1n) is 10.3. The fraction of sp³-hybridized carbons (Fsp3) is 0.435. The van der Waals surface area contributed by atoms with Crippen molar-refractivity contribution < 1.29 is 4.79 Å². The highest BCUT2D eigenvalue weighted by Gasteiger charge is 2.32. The molecule has 1 aliphatic rings. The van der Waals surface area contributed by atoms with Crippen LogP contribution in [0.5, 0.6) is 0 Å². The van der Waals surface area contributed by atoms with Crippen LogP contribution in [-0.4, -0.2) is 52.0 Å². The van der Waals surface area contributed by atoms with Gasteiger partial charge < -0.3 is 15.1 Å². The molecule has 1 aliphatic heterocycles. The van der Waals surface area contributed by atoms with Gasteiger partial charge in [0.25, 0.3) is 0 Å². The molecule has 3 rings (SSSR count). The number of aromatic nitrogens is 1. The van der Waals surface area contributed by atoms with E-state index in [-0.39, 0.29) is 17.9 Å². The summed E-state index contributed by atoms with van der Waals surface area (Å²) in [4.78, 5) is 21.9. The fourth-order valence-corrected chi connectivity index (χ4v) is 4.27. The maximum absolute atomic E-state index is 13.4. The lowest BCUT2D eigenvalue weighted by Gasteiger charge is -2.37. The third kappa shape index (κ3) is 5.32. The Kier molecular flexibility index (Phi) is 7.20. The number of carbonyl (C=O) groups excluding carboxylic acids is 1. The SMILES string of the molecule is CC(C)NC(=S)N1CCC(C(=O)N(C)C(c2ccccc2)c2ccccn2)CC1. The number of piperidine rings is 1. The minimum atomic E-state index is -0.188. The molecule has 1 fully saturated rings. The first-order valence-corrected chi connectivity index (χ1v) is 10.7. The molecule has 154 valence electrons. The largest absolute Gasteiger partial charge is 0.360 e. The third-order valence-corrected chi connectivity index (χ3v) is 5.74. The molecule has 2 heterocycles. The Balaban J connectivity index is 1.71. The van der Waals surface area contributed by atoms with Crippen molar-refractivity contribution in [1.29, 1.82) is 0 Å². The van der Waals surface area contributed by atoms with Crippen LogP contribution in [-0.2, 0) is 4.79 Å². The molecule has 6 heteroatoms. The highest BCUT2D eigenvalue weighted by molar-refractivity contribution is 7.80. The summed E-state index contributed by atoms with van der Waals surface area (Å²) in [6, 6.07) is 16.1.